The number of carbonyl (C=O) groups is 2. The van der Waals surface area contributed by atoms with Gasteiger partial charge >= 0.3 is 0 Å². The molecule has 1 aliphatic carbocycles. The van der Waals surface area contributed by atoms with E-state index >= 15 is 0 Å². The zero-order chi connectivity index (χ0) is 16.8. The average Bonchev–Trinajstić information content (AvgIpc) is 3.17. The number of hydrogen-bond acceptors (Lipinski definition) is 4. The van der Waals surface area contributed by atoms with Crippen molar-refractivity contribution in [2.45, 2.75) is 51.0 Å². The van der Waals surface area contributed by atoms with Crippen LogP contribution >= 0.6 is 0 Å². The summed E-state index contributed by atoms with van der Waals surface area (Å²) in [7, 11) is 0. The van der Waals surface area contributed by atoms with Crippen molar-refractivity contribution in [1.29, 1.82) is 0 Å². The lowest BCUT2D eigenvalue weighted by Gasteiger charge is -2.37. The summed E-state index contributed by atoms with van der Waals surface area (Å²) in [6.07, 6.45) is 7.93. The first-order chi connectivity index (χ1) is 11.7. The lowest BCUT2D eigenvalue weighted by Crippen LogP contribution is -2.52. The Balaban J connectivity index is 1.31. The first-order valence-electron chi connectivity index (χ1n) is 9.76. The molecule has 2 heterocycles. The molecule has 136 valence electrons. The van der Waals surface area contributed by atoms with Crippen molar-refractivity contribution in [2.75, 3.05) is 45.8 Å². The zero-order valence-corrected chi connectivity index (χ0v) is 14.8. The van der Waals surface area contributed by atoms with Gasteiger partial charge in [-0.2, -0.15) is 0 Å². The SMILES string of the molecule is O=C(NCCN1CCN(C(=O)C2CCCCC2)CC1)C1CCCN1. The van der Waals surface area contributed by atoms with Gasteiger partial charge in [0.1, 0.15) is 0 Å². The highest BCUT2D eigenvalue weighted by Gasteiger charge is 2.28. The van der Waals surface area contributed by atoms with E-state index in [1.807, 2.05) is 0 Å². The number of nitrogens with zero attached hydrogens (tertiary/aromatic N) is 2. The van der Waals surface area contributed by atoms with E-state index < -0.39 is 0 Å². The van der Waals surface area contributed by atoms with Gasteiger partial charge in [-0.25, -0.2) is 0 Å². The van der Waals surface area contributed by atoms with Gasteiger partial charge in [-0.3, -0.25) is 14.5 Å². The molecule has 2 N–H and O–H groups in total. The normalized spacial score (nSPS) is 26.5. The summed E-state index contributed by atoms with van der Waals surface area (Å²) in [5, 5.41) is 6.26. The van der Waals surface area contributed by atoms with Crippen molar-refractivity contribution in [3.8, 4) is 0 Å². The van der Waals surface area contributed by atoms with Gasteiger partial charge in [0.25, 0.3) is 0 Å². The van der Waals surface area contributed by atoms with Gasteiger partial charge in [-0.1, -0.05) is 19.3 Å². The Hall–Kier alpha value is -1.14. The molecule has 24 heavy (non-hydrogen) atoms. The molecule has 0 aromatic carbocycles. The molecule has 0 aromatic rings. The molecular formula is C18H32N4O2. The summed E-state index contributed by atoms with van der Waals surface area (Å²) in [5.41, 5.74) is 0. The topological polar surface area (TPSA) is 64.7 Å². The minimum absolute atomic E-state index is 0.00922. The molecule has 2 aliphatic heterocycles. The van der Waals surface area contributed by atoms with E-state index in [2.05, 4.69) is 20.4 Å². The summed E-state index contributed by atoms with van der Waals surface area (Å²) < 4.78 is 0. The summed E-state index contributed by atoms with van der Waals surface area (Å²) in [5.74, 6) is 0.803. The predicted octanol–water partition coefficient (Wildman–Crippen LogP) is 0.579. The summed E-state index contributed by atoms with van der Waals surface area (Å²) in [6, 6.07) is 0.00922. The van der Waals surface area contributed by atoms with Gasteiger partial charge in [0, 0.05) is 45.2 Å². The van der Waals surface area contributed by atoms with E-state index in [-0.39, 0.29) is 17.9 Å². The smallest absolute Gasteiger partial charge is 0.237 e. The highest BCUT2D eigenvalue weighted by Crippen LogP contribution is 2.25. The highest BCUT2D eigenvalue weighted by atomic mass is 16.2. The Morgan fingerprint density at radius 2 is 1.71 bits per heavy atom. The molecule has 0 radical (unpaired) electrons. The molecule has 0 spiro atoms. The first kappa shape index (κ1) is 17.7. The molecule has 0 bridgehead atoms. The Morgan fingerprint density at radius 3 is 2.38 bits per heavy atom. The van der Waals surface area contributed by atoms with E-state index in [0.717, 1.165) is 65.0 Å². The largest absolute Gasteiger partial charge is 0.353 e. The Morgan fingerprint density at radius 1 is 0.958 bits per heavy atom. The number of nitrogens with one attached hydrogen (secondary N) is 2. The van der Waals surface area contributed by atoms with Crippen LogP contribution in [0.2, 0.25) is 0 Å². The van der Waals surface area contributed by atoms with Crippen LogP contribution in [-0.2, 0) is 9.59 Å². The third-order valence-electron chi connectivity index (χ3n) is 5.74. The fourth-order valence-corrected chi connectivity index (χ4v) is 4.17. The molecule has 2 saturated heterocycles. The molecule has 1 saturated carbocycles. The number of rotatable bonds is 5. The van der Waals surface area contributed by atoms with Crippen LogP contribution in [-0.4, -0.2) is 73.5 Å². The summed E-state index contributed by atoms with van der Waals surface area (Å²) in [6.45, 7) is 6.07. The first-order valence-corrected chi connectivity index (χ1v) is 9.76. The zero-order valence-electron chi connectivity index (χ0n) is 14.8. The van der Waals surface area contributed by atoms with Crippen LogP contribution in [0, 0.1) is 5.92 Å². The second-order valence-electron chi connectivity index (χ2n) is 7.44. The van der Waals surface area contributed by atoms with Gasteiger partial charge in [-0.05, 0) is 32.2 Å². The van der Waals surface area contributed by atoms with E-state index in [9.17, 15) is 9.59 Å². The van der Waals surface area contributed by atoms with Crippen molar-refractivity contribution in [2.24, 2.45) is 5.92 Å². The van der Waals surface area contributed by atoms with Gasteiger partial charge in [0.15, 0.2) is 0 Å². The molecule has 3 fully saturated rings. The van der Waals surface area contributed by atoms with Crippen LogP contribution in [0.1, 0.15) is 44.9 Å². The van der Waals surface area contributed by atoms with E-state index in [4.69, 9.17) is 0 Å². The van der Waals surface area contributed by atoms with E-state index in [1.54, 1.807) is 0 Å². The fourth-order valence-electron chi connectivity index (χ4n) is 4.17. The predicted molar refractivity (Wildman–Crippen MR) is 93.6 cm³/mol. The van der Waals surface area contributed by atoms with Crippen molar-refractivity contribution in [3.05, 3.63) is 0 Å². The molecule has 3 rings (SSSR count). The molecule has 1 atom stereocenters. The van der Waals surface area contributed by atoms with Gasteiger partial charge < -0.3 is 15.5 Å². The van der Waals surface area contributed by atoms with Crippen molar-refractivity contribution >= 4 is 11.8 Å². The Labute approximate surface area is 145 Å². The third-order valence-corrected chi connectivity index (χ3v) is 5.74. The van der Waals surface area contributed by atoms with Crippen molar-refractivity contribution < 1.29 is 9.59 Å². The van der Waals surface area contributed by atoms with Crippen LogP contribution in [0.15, 0.2) is 0 Å². The van der Waals surface area contributed by atoms with Crippen LogP contribution < -0.4 is 10.6 Å². The molecule has 3 aliphatic rings. The number of hydrogen-bond donors (Lipinski definition) is 2. The molecule has 0 aromatic heterocycles. The minimum Gasteiger partial charge on any atom is -0.353 e. The average molecular weight is 336 g/mol. The van der Waals surface area contributed by atoms with Gasteiger partial charge in [0.05, 0.1) is 6.04 Å². The lowest BCUT2D eigenvalue weighted by atomic mass is 9.88. The monoisotopic (exact) mass is 336 g/mol. The second kappa shape index (κ2) is 8.81. The minimum atomic E-state index is 0.00922. The quantitative estimate of drug-likeness (QED) is 0.771. The molecule has 2 amide bonds. The van der Waals surface area contributed by atoms with Crippen molar-refractivity contribution in [3.63, 3.8) is 0 Å². The highest BCUT2D eigenvalue weighted by molar-refractivity contribution is 5.82. The lowest BCUT2D eigenvalue weighted by molar-refractivity contribution is -0.138. The number of piperazine rings is 1. The van der Waals surface area contributed by atoms with Crippen LogP contribution in [0.3, 0.4) is 0 Å². The maximum Gasteiger partial charge on any atom is 0.237 e. The Kier molecular flexibility index (Phi) is 6.49. The van der Waals surface area contributed by atoms with Gasteiger partial charge in [-0.15, -0.1) is 0 Å². The summed E-state index contributed by atoms with van der Waals surface area (Å²) >= 11 is 0. The van der Waals surface area contributed by atoms with Crippen LogP contribution in [0.25, 0.3) is 0 Å². The Bertz CT molecular complexity index is 423. The molecule has 6 heteroatoms. The third kappa shape index (κ3) is 4.70. The van der Waals surface area contributed by atoms with E-state index in [1.165, 1.54) is 19.3 Å². The maximum absolute atomic E-state index is 12.6. The standard InChI is InChI=1S/C18H32N4O2/c23-17(16-7-4-8-19-16)20-9-10-21-11-13-22(14-12-21)18(24)15-5-2-1-3-6-15/h15-16,19H,1-14H2,(H,20,23). The van der Waals surface area contributed by atoms with Crippen LogP contribution in [0.5, 0.6) is 0 Å². The number of amides is 2. The maximum atomic E-state index is 12.6. The molecule has 6 nitrogen and oxygen atoms in total. The number of carbonyl (C=O) groups excluding carboxylic acids is 2. The van der Waals surface area contributed by atoms with E-state index in [0.29, 0.717) is 12.5 Å². The molecular weight excluding hydrogens is 304 g/mol. The molecule has 1 unspecified atom stereocenters. The fraction of sp³-hybridized carbons (Fsp3) is 0.889. The summed E-state index contributed by atoms with van der Waals surface area (Å²) in [4.78, 5) is 28.9. The second-order valence-corrected chi connectivity index (χ2v) is 7.44. The van der Waals surface area contributed by atoms with Crippen LogP contribution in [0.4, 0.5) is 0 Å². The van der Waals surface area contributed by atoms with Crippen molar-refractivity contribution in [1.82, 2.24) is 20.4 Å². The van der Waals surface area contributed by atoms with Gasteiger partial charge in [0.2, 0.25) is 11.8 Å².